The summed E-state index contributed by atoms with van der Waals surface area (Å²) in [5, 5.41) is 4.27. The Morgan fingerprint density at radius 1 is 1.43 bits per heavy atom. The molecular formula is C9H14N4S. The van der Waals surface area contributed by atoms with Crippen molar-refractivity contribution in [2.75, 3.05) is 0 Å². The second-order valence-electron chi connectivity index (χ2n) is 3.70. The van der Waals surface area contributed by atoms with Crippen molar-refractivity contribution < 1.29 is 0 Å². The van der Waals surface area contributed by atoms with Crippen LogP contribution in [-0.2, 0) is 0 Å². The largest absolute Gasteiger partial charge is 0.387 e. The molecule has 1 heterocycles. The molecule has 0 saturated heterocycles. The summed E-state index contributed by atoms with van der Waals surface area (Å²) in [6, 6.07) is 0.499. The highest BCUT2D eigenvalue weighted by Gasteiger charge is 2.16. The molecule has 0 amide bonds. The summed E-state index contributed by atoms with van der Waals surface area (Å²) in [6.45, 7) is 0. The summed E-state index contributed by atoms with van der Waals surface area (Å²) < 4.78 is 1.91. The second-order valence-corrected chi connectivity index (χ2v) is 4.14. The average molecular weight is 210 g/mol. The fourth-order valence-electron chi connectivity index (χ4n) is 1.91. The van der Waals surface area contributed by atoms with Crippen LogP contribution < -0.4 is 5.73 Å². The fraction of sp³-hybridized carbons (Fsp3) is 0.667. The van der Waals surface area contributed by atoms with E-state index in [2.05, 4.69) is 10.1 Å². The van der Waals surface area contributed by atoms with E-state index >= 15 is 0 Å². The maximum atomic E-state index is 5.45. The molecule has 1 aliphatic rings. The van der Waals surface area contributed by atoms with Crippen molar-refractivity contribution in [3.63, 3.8) is 0 Å². The molecule has 0 spiro atoms. The molecule has 0 bridgehead atoms. The molecule has 2 N–H and O–H groups in total. The number of thiocarbonyl (C=S) groups is 1. The maximum absolute atomic E-state index is 5.45. The van der Waals surface area contributed by atoms with Crippen molar-refractivity contribution in [2.24, 2.45) is 5.73 Å². The molecule has 0 radical (unpaired) electrons. The Hall–Kier alpha value is -0.970. The smallest absolute Gasteiger partial charge is 0.208 e. The Kier molecular flexibility index (Phi) is 2.77. The van der Waals surface area contributed by atoms with Gasteiger partial charge in [-0.15, -0.1) is 5.10 Å². The van der Waals surface area contributed by atoms with Crippen molar-refractivity contribution in [1.29, 1.82) is 0 Å². The molecule has 1 aliphatic carbocycles. The lowest BCUT2D eigenvalue weighted by atomic mass is 9.96. The molecule has 76 valence electrons. The predicted molar refractivity (Wildman–Crippen MR) is 58.0 cm³/mol. The first kappa shape index (κ1) is 9.58. The molecule has 1 saturated carbocycles. The summed E-state index contributed by atoms with van der Waals surface area (Å²) in [6.07, 6.45) is 8.04. The van der Waals surface area contributed by atoms with Gasteiger partial charge in [-0.1, -0.05) is 31.5 Å². The van der Waals surface area contributed by atoms with Gasteiger partial charge in [-0.05, 0) is 12.8 Å². The van der Waals surface area contributed by atoms with Gasteiger partial charge in [0.2, 0.25) is 5.82 Å². The highest BCUT2D eigenvalue weighted by Crippen LogP contribution is 2.26. The van der Waals surface area contributed by atoms with Crippen LogP contribution in [0.5, 0.6) is 0 Å². The first-order valence-corrected chi connectivity index (χ1v) is 5.39. The van der Waals surface area contributed by atoms with E-state index in [4.69, 9.17) is 18.0 Å². The predicted octanol–water partition coefficient (Wildman–Crippen LogP) is 1.42. The zero-order valence-corrected chi connectivity index (χ0v) is 8.83. The highest BCUT2D eigenvalue weighted by atomic mass is 32.1. The fourth-order valence-corrected chi connectivity index (χ4v) is 2.00. The average Bonchev–Trinajstić information content (AvgIpc) is 2.68. The lowest BCUT2D eigenvalue weighted by Gasteiger charge is -2.21. The molecule has 14 heavy (non-hydrogen) atoms. The monoisotopic (exact) mass is 210 g/mol. The van der Waals surface area contributed by atoms with E-state index in [-0.39, 0.29) is 4.99 Å². The first-order chi connectivity index (χ1) is 6.77. The number of aromatic nitrogens is 3. The highest BCUT2D eigenvalue weighted by molar-refractivity contribution is 7.80. The van der Waals surface area contributed by atoms with E-state index in [1.54, 1.807) is 6.33 Å². The van der Waals surface area contributed by atoms with Crippen molar-refractivity contribution >= 4 is 17.2 Å². The van der Waals surface area contributed by atoms with Gasteiger partial charge in [-0.2, -0.15) is 0 Å². The van der Waals surface area contributed by atoms with Crippen LogP contribution in [0, 0.1) is 0 Å². The van der Waals surface area contributed by atoms with Gasteiger partial charge in [0.25, 0.3) is 0 Å². The lowest BCUT2D eigenvalue weighted by Crippen LogP contribution is -2.16. The van der Waals surface area contributed by atoms with E-state index < -0.39 is 0 Å². The topological polar surface area (TPSA) is 56.7 Å². The maximum Gasteiger partial charge on any atom is 0.208 e. The number of nitrogens with two attached hydrogens (primary N) is 1. The number of hydrogen-bond acceptors (Lipinski definition) is 3. The Balaban J connectivity index is 2.11. The van der Waals surface area contributed by atoms with Gasteiger partial charge < -0.3 is 5.73 Å². The summed E-state index contributed by atoms with van der Waals surface area (Å²) in [5.41, 5.74) is 5.45. The van der Waals surface area contributed by atoms with Gasteiger partial charge in [0.1, 0.15) is 11.3 Å². The van der Waals surface area contributed by atoms with Gasteiger partial charge in [0, 0.05) is 0 Å². The van der Waals surface area contributed by atoms with E-state index in [9.17, 15) is 0 Å². The van der Waals surface area contributed by atoms with Crippen LogP contribution in [0.15, 0.2) is 6.33 Å². The normalized spacial score (nSPS) is 18.3. The zero-order chi connectivity index (χ0) is 9.97. The van der Waals surface area contributed by atoms with E-state index in [1.807, 2.05) is 4.68 Å². The van der Waals surface area contributed by atoms with Gasteiger partial charge >= 0.3 is 0 Å². The van der Waals surface area contributed by atoms with Crippen LogP contribution in [-0.4, -0.2) is 19.8 Å². The van der Waals surface area contributed by atoms with Crippen LogP contribution in [0.1, 0.15) is 44.0 Å². The molecule has 2 rings (SSSR count). The Morgan fingerprint density at radius 3 is 2.71 bits per heavy atom. The van der Waals surface area contributed by atoms with Crippen molar-refractivity contribution in [3.8, 4) is 0 Å². The van der Waals surface area contributed by atoms with Gasteiger partial charge in [-0.25, -0.2) is 9.67 Å². The molecule has 1 aromatic rings. The third-order valence-electron chi connectivity index (χ3n) is 2.68. The lowest BCUT2D eigenvalue weighted by molar-refractivity contribution is 0.328. The molecule has 5 heteroatoms. The van der Waals surface area contributed by atoms with E-state index in [0.29, 0.717) is 11.9 Å². The Morgan fingerprint density at radius 2 is 2.14 bits per heavy atom. The van der Waals surface area contributed by atoms with Crippen molar-refractivity contribution in [2.45, 2.75) is 38.1 Å². The third kappa shape index (κ3) is 1.92. The van der Waals surface area contributed by atoms with Gasteiger partial charge in [0.15, 0.2) is 0 Å². The van der Waals surface area contributed by atoms with E-state index in [1.165, 1.54) is 32.1 Å². The summed E-state index contributed by atoms with van der Waals surface area (Å²) >= 11 is 4.82. The van der Waals surface area contributed by atoms with Gasteiger partial charge in [-0.3, -0.25) is 0 Å². The SMILES string of the molecule is NC(=S)c1ncn(C2CCCCC2)n1. The van der Waals surface area contributed by atoms with Crippen LogP contribution >= 0.6 is 12.2 Å². The minimum Gasteiger partial charge on any atom is -0.387 e. The Labute approximate surface area is 88.5 Å². The van der Waals surface area contributed by atoms with Crippen molar-refractivity contribution in [1.82, 2.24) is 14.8 Å². The molecule has 0 aliphatic heterocycles. The number of rotatable bonds is 2. The van der Waals surface area contributed by atoms with Crippen molar-refractivity contribution in [3.05, 3.63) is 12.2 Å². The molecule has 4 nitrogen and oxygen atoms in total. The molecular weight excluding hydrogens is 196 g/mol. The summed E-state index contributed by atoms with van der Waals surface area (Å²) in [4.78, 5) is 4.35. The Bertz CT molecular complexity index is 327. The van der Waals surface area contributed by atoms with Crippen LogP contribution in [0.25, 0.3) is 0 Å². The summed E-state index contributed by atoms with van der Waals surface area (Å²) in [5.74, 6) is 0.491. The third-order valence-corrected chi connectivity index (χ3v) is 2.86. The second kappa shape index (κ2) is 4.04. The quantitative estimate of drug-likeness (QED) is 0.750. The molecule has 1 aromatic heterocycles. The zero-order valence-electron chi connectivity index (χ0n) is 8.02. The van der Waals surface area contributed by atoms with Crippen LogP contribution in [0.3, 0.4) is 0 Å². The van der Waals surface area contributed by atoms with Crippen LogP contribution in [0.4, 0.5) is 0 Å². The van der Waals surface area contributed by atoms with Gasteiger partial charge in [0.05, 0.1) is 6.04 Å². The molecule has 0 unspecified atom stereocenters. The minimum atomic E-state index is 0.277. The standard InChI is InChI=1S/C9H14N4S/c10-8(14)9-11-6-13(12-9)7-4-2-1-3-5-7/h6-7H,1-5H2,(H2,10,14). The van der Waals surface area contributed by atoms with E-state index in [0.717, 1.165) is 0 Å². The molecule has 1 fully saturated rings. The van der Waals surface area contributed by atoms with Crippen LogP contribution in [0.2, 0.25) is 0 Å². The molecule has 0 aromatic carbocycles. The number of nitrogens with zero attached hydrogens (tertiary/aromatic N) is 3. The number of hydrogen-bond donors (Lipinski definition) is 1. The first-order valence-electron chi connectivity index (χ1n) is 4.98. The minimum absolute atomic E-state index is 0.277. The molecule has 0 atom stereocenters. The summed E-state index contributed by atoms with van der Waals surface area (Å²) in [7, 11) is 0.